The van der Waals surface area contributed by atoms with Gasteiger partial charge in [0.15, 0.2) is 0 Å². The predicted octanol–water partition coefficient (Wildman–Crippen LogP) is 1.75. The highest BCUT2D eigenvalue weighted by Crippen LogP contribution is 2.19. The van der Waals surface area contributed by atoms with Crippen molar-refractivity contribution in [2.24, 2.45) is 0 Å². The van der Waals surface area contributed by atoms with Crippen LogP contribution in [-0.4, -0.2) is 32.0 Å². The van der Waals surface area contributed by atoms with Gasteiger partial charge in [-0.3, -0.25) is 0 Å². The molecule has 0 fully saturated rings. The van der Waals surface area contributed by atoms with Crippen LogP contribution in [0.4, 0.5) is 4.39 Å². The van der Waals surface area contributed by atoms with Crippen LogP contribution in [0.1, 0.15) is 11.6 Å². The third-order valence-electron chi connectivity index (χ3n) is 2.17. The van der Waals surface area contributed by atoms with Gasteiger partial charge in [-0.1, -0.05) is 11.6 Å². The lowest BCUT2D eigenvalue weighted by Crippen LogP contribution is -2.27. The van der Waals surface area contributed by atoms with Crippen molar-refractivity contribution in [3.05, 3.63) is 34.6 Å². The molecule has 0 spiro atoms. The lowest BCUT2D eigenvalue weighted by atomic mass is 10.1. The average Bonchev–Trinajstić information content (AvgIpc) is 2.23. The molecule has 1 aromatic carbocycles. The molecule has 5 heteroatoms. The standard InChI is InChI=1S/C11H15ClFNO2/c1-16-3-2-14-11(7-15)8-4-9(12)6-10(13)5-8/h4-6,11,14-15H,2-3,7H2,1H3. The zero-order valence-electron chi connectivity index (χ0n) is 9.04. The summed E-state index contributed by atoms with van der Waals surface area (Å²) < 4.78 is 18.0. The second kappa shape index (κ2) is 6.81. The first-order valence-corrected chi connectivity index (χ1v) is 5.34. The quantitative estimate of drug-likeness (QED) is 0.753. The lowest BCUT2D eigenvalue weighted by Gasteiger charge is -2.16. The summed E-state index contributed by atoms with van der Waals surface area (Å²) in [5.41, 5.74) is 0.628. The first-order chi connectivity index (χ1) is 7.67. The number of halogens is 2. The van der Waals surface area contributed by atoms with E-state index in [2.05, 4.69) is 5.32 Å². The van der Waals surface area contributed by atoms with Crippen molar-refractivity contribution < 1.29 is 14.2 Å². The van der Waals surface area contributed by atoms with E-state index in [1.54, 1.807) is 13.2 Å². The lowest BCUT2D eigenvalue weighted by molar-refractivity contribution is 0.184. The molecule has 0 aliphatic heterocycles. The summed E-state index contributed by atoms with van der Waals surface area (Å²) in [5, 5.41) is 12.6. The Balaban J connectivity index is 2.70. The van der Waals surface area contributed by atoms with Gasteiger partial charge in [0, 0.05) is 18.7 Å². The van der Waals surface area contributed by atoms with E-state index in [0.717, 1.165) is 0 Å². The highest BCUT2D eigenvalue weighted by molar-refractivity contribution is 6.30. The Kier molecular flexibility index (Phi) is 5.69. The first-order valence-electron chi connectivity index (χ1n) is 4.96. The molecule has 0 radical (unpaired) electrons. The molecule has 0 aliphatic rings. The highest BCUT2D eigenvalue weighted by atomic mass is 35.5. The number of methoxy groups -OCH3 is 1. The van der Waals surface area contributed by atoms with Crippen LogP contribution in [0.15, 0.2) is 18.2 Å². The smallest absolute Gasteiger partial charge is 0.125 e. The molecule has 3 nitrogen and oxygen atoms in total. The van der Waals surface area contributed by atoms with E-state index in [1.807, 2.05) is 0 Å². The fourth-order valence-corrected chi connectivity index (χ4v) is 1.63. The van der Waals surface area contributed by atoms with Crippen molar-refractivity contribution in [3.63, 3.8) is 0 Å². The minimum absolute atomic E-state index is 0.122. The summed E-state index contributed by atoms with van der Waals surface area (Å²) in [6.07, 6.45) is 0. The summed E-state index contributed by atoms with van der Waals surface area (Å²) in [4.78, 5) is 0. The normalized spacial score (nSPS) is 12.8. The van der Waals surface area contributed by atoms with E-state index < -0.39 is 5.82 Å². The van der Waals surface area contributed by atoms with E-state index >= 15 is 0 Å². The van der Waals surface area contributed by atoms with Crippen LogP contribution < -0.4 is 5.32 Å². The maximum Gasteiger partial charge on any atom is 0.125 e. The van der Waals surface area contributed by atoms with Crippen LogP contribution in [0, 0.1) is 5.82 Å². The van der Waals surface area contributed by atoms with Gasteiger partial charge in [0.05, 0.1) is 19.3 Å². The zero-order chi connectivity index (χ0) is 12.0. The fraction of sp³-hybridized carbons (Fsp3) is 0.455. The molecule has 1 aromatic rings. The Morgan fingerprint density at radius 1 is 1.50 bits per heavy atom. The minimum atomic E-state index is -0.408. The van der Waals surface area contributed by atoms with E-state index in [-0.39, 0.29) is 12.6 Å². The van der Waals surface area contributed by atoms with Crippen molar-refractivity contribution in [3.8, 4) is 0 Å². The molecule has 2 N–H and O–H groups in total. The minimum Gasteiger partial charge on any atom is -0.394 e. The van der Waals surface area contributed by atoms with Crippen molar-refractivity contribution in [1.29, 1.82) is 0 Å². The van der Waals surface area contributed by atoms with Gasteiger partial charge in [-0.05, 0) is 23.8 Å². The maximum absolute atomic E-state index is 13.1. The van der Waals surface area contributed by atoms with Gasteiger partial charge in [-0.2, -0.15) is 0 Å². The second-order valence-electron chi connectivity index (χ2n) is 3.38. The summed E-state index contributed by atoms with van der Waals surface area (Å²) in [7, 11) is 1.59. The number of hydrogen-bond donors (Lipinski definition) is 2. The molecule has 1 rings (SSSR count). The molecular formula is C11H15ClFNO2. The Labute approximate surface area is 99.2 Å². The molecule has 1 unspecified atom stereocenters. The Morgan fingerprint density at radius 2 is 2.25 bits per heavy atom. The van der Waals surface area contributed by atoms with Gasteiger partial charge in [0.2, 0.25) is 0 Å². The van der Waals surface area contributed by atoms with E-state index in [0.29, 0.717) is 23.7 Å². The van der Waals surface area contributed by atoms with E-state index in [9.17, 15) is 9.50 Å². The van der Waals surface area contributed by atoms with Crippen molar-refractivity contribution in [2.75, 3.05) is 26.9 Å². The molecule has 0 bridgehead atoms. The topological polar surface area (TPSA) is 41.5 Å². The monoisotopic (exact) mass is 247 g/mol. The maximum atomic E-state index is 13.1. The number of nitrogens with one attached hydrogen (secondary N) is 1. The Hall–Kier alpha value is -0.680. The van der Waals surface area contributed by atoms with Crippen molar-refractivity contribution in [2.45, 2.75) is 6.04 Å². The number of hydrogen-bond acceptors (Lipinski definition) is 3. The van der Waals surface area contributed by atoms with Crippen LogP contribution in [0.2, 0.25) is 5.02 Å². The number of ether oxygens (including phenoxy) is 1. The SMILES string of the molecule is COCCNC(CO)c1cc(F)cc(Cl)c1. The fourth-order valence-electron chi connectivity index (χ4n) is 1.40. The molecule has 0 aliphatic carbocycles. The number of rotatable bonds is 6. The van der Waals surface area contributed by atoms with Crippen molar-refractivity contribution >= 4 is 11.6 Å². The Bertz CT molecular complexity index is 316. The molecule has 0 saturated carbocycles. The van der Waals surface area contributed by atoms with Crippen LogP contribution in [0.25, 0.3) is 0 Å². The van der Waals surface area contributed by atoms with Crippen molar-refractivity contribution in [1.82, 2.24) is 5.32 Å². The van der Waals surface area contributed by atoms with Gasteiger partial charge in [-0.25, -0.2) is 4.39 Å². The summed E-state index contributed by atoms with van der Waals surface area (Å²) in [6.45, 7) is 0.985. The van der Waals surface area contributed by atoms with Crippen LogP contribution in [-0.2, 0) is 4.74 Å². The summed E-state index contributed by atoms with van der Waals surface area (Å²) >= 11 is 5.74. The largest absolute Gasteiger partial charge is 0.394 e. The molecular weight excluding hydrogens is 233 g/mol. The number of aliphatic hydroxyl groups is 1. The van der Waals surface area contributed by atoms with Gasteiger partial charge >= 0.3 is 0 Å². The van der Waals surface area contributed by atoms with Gasteiger partial charge in [0.25, 0.3) is 0 Å². The highest BCUT2D eigenvalue weighted by Gasteiger charge is 2.11. The van der Waals surface area contributed by atoms with E-state index in [4.69, 9.17) is 16.3 Å². The third kappa shape index (κ3) is 4.06. The van der Waals surface area contributed by atoms with Gasteiger partial charge in [-0.15, -0.1) is 0 Å². The molecule has 16 heavy (non-hydrogen) atoms. The van der Waals surface area contributed by atoms with Crippen LogP contribution >= 0.6 is 11.6 Å². The van der Waals surface area contributed by atoms with E-state index in [1.165, 1.54) is 12.1 Å². The molecule has 0 saturated heterocycles. The molecule has 0 heterocycles. The second-order valence-corrected chi connectivity index (χ2v) is 3.82. The molecule has 1 atom stereocenters. The molecule has 0 aromatic heterocycles. The third-order valence-corrected chi connectivity index (χ3v) is 2.38. The van der Waals surface area contributed by atoms with Gasteiger partial charge < -0.3 is 15.2 Å². The summed E-state index contributed by atoms with van der Waals surface area (Å²) in [5.74, 6) is -0.408. The molecule has 0 amide bonds. The van der Waals surface area contributed by atoms with Crippen LogP contribution in [0.3, 0.4) is 0 Å². The zero-order valence-corrected chi connectivity index (χ0v) is 9.80. The first kappa shape index (κ1) is 13.4. The number of aliphatic hydroxyl groups excluding tert-OH is 1. The Morgan fingerprint density at radius 3 is 2.81 bits per heavy atom. The number of benzene rings is 1. The molecule has 90 valence electrons. The van der Waals surface area contributed by atoms with Gasteiger partial charge in [0.1, 0.15) is 5.82 Å². The summed E-state index contributed by atoms with van der Waals surface area (Å²) in [6, 6.07) is 3.88. The predicted molar refractivity (Wildman–Crippen MR) is 61.1 cm³/mol. The van der Waals surface area contributed by atoms with Crippen LogP contribution in [0.5, 0.6) is 0 Å². The average molecular weight is 248 g/mol.